The lowest BCUT2D eigenvalue weighted by Gasteiger charge is -2.19. The van der Waals surface area contributed by atoms with Crippen molar-refractivity contribution in [3.05, 3.63) is 12.2 Å². The summed E-state index contributed by atoms with van der Waals surface area (Å²) in [5, 5.41) is 5.49. The van der Waals surface area contributed by atoms with E-state index in [0.29, 0.717) is 112 Å². The van der Waals surface area contributed by atoms with Crippen LogP contribution in [0.25, 0.3) is 0 Å². The normalized spacial score (nSPS) is 14.6. The van der Waals surface area contributed by atoms with Crippen LogP contribution in [0.5, 0.6) is 0 Å². The molecular weight excluding hydrogens is 917 g/mol. The molecule has 0 saturated heterocycles. The van der Waals surface area contributed by atoms with Gasteiger partial charge in [-0.3, -0.25) is 9.59 Å². The molecule has 406 valence electrons. The molecule has 1 fully saturated rings. The maximum absolute atomic E-state index is 12.4. The molecule has 0 aromatic heterocycles. The molecule has 25 heteroatoms. The second kappa shape index (κ2) is 46.5. The summed E-state index contributed by atoms with van der Waals surface area (Å²) in [7, 11) is 0. The van der Waals surface area contributed by atoms with E-state index in [1.807, 2.05) is 0 Å². The van der Waals surface area contributed by atoms with Gasteiger partial charge >= 0.3 is 5.97 Å². The molecule has 1 aliphatic carbocycles. The van der Waals surface area contributed by atoms with Crippen LogP contribution >= 0.6 is 0 Å². The van der Waals surface area contributed by atoms with Crippen molar-refractivity contribution in [1.82, 2.24) is 10.6 Å². The average Bonchev–Trinajstić information content (AvgIpc) is 3.94. The maximum Gasteiger partial charge on any atom is 0.332 e. The van der Waals surface area contributed by atoms with E-state index >= 15 is 0 Å². The fourth-order valence-corrected chi connectivity index (χ4v) is 5.33. The molecule has 0 spiro atoms. The quantitative estimate of drug-likeness (QED) is 0.0197. The van der Waals surface area contributed by atoms with Gasteiger partial charge in [0.1, 0.15) is 43.7 Å². The summed E-state index contributed by atoms with van der Waals surface area (Å²) in [6.45, 7) is 14.3. The van der Waals surface area contributed by atoms with Gasteiger partial charge in [0.25, 0.3) is 0 Å². The van der Waals surface area contributed by atoms with E-state index in [-0.39, 0.29) is 124 Å². The molecule has 2 amide bonds. The van der Waals surface area contributed by atoms with Gasteiger partial charge in [0.2, 0.25) is 11.8 Å². The number of amides is 2. The molecule has 1 saturated carbocycles. The fraction of sp³-hybridized carbons (Fsp3) is 0.886. The van der Waals surface area contributed by atoms with Gasteiger partial charge in [0.05, 0.1) is 159 Å². The largest absolute Gasteiger partial charge is 0.453 e. The zero-order chi connectivity index (χ0) is 50.3. The molecule has 10 N–H and O–H groups in total. The summed E-state index contributed by atoms with van der Waals surface area (Å²) < 4.78 is 89.1. The molecule has 1 rings (SSSR count). The van der Waals surface area contributed by atoms with Gasteiger partial charge < -0.3 is 109 Å². The Labute approximate surface area is 407 Å². The van der Waals surface area contributed by atoms with Crippen molar-refractivity contribution in [3.8, 4) is 0 Å². The predicted molar refractivity (Wildman–Crippen MR) is 250 cm³/mol. The monoisotopic (exact) mass is 1000 g/mol. The second-order valence-corrected chi connectivity index (χ2v) is 15.3. The van der Waals surface area contributed by atoms with Crippen molar-refractivity contribution in [2.24, 2.45) is 22.9 Å². The SMILES string of the molecule is C=C1CC1(C)OC(=O)COC(COCCOCCNC(=O)COC(COCCOCCN)COCCOCCN)COCCOCCNC(=O)COC(COCCOCCN)COCCOCCN. The fourth-order valence-electron chi connectivity index (χ4n) is 5.33. The molecule has 0 bridgehead atoms. The zero-order valence-electron chi connectivity index (χ0n) is 41.0. The van der Waals surface area contributed by atoms with Gasteiger partial charge in [-0.05, 0) is 12.5 Å². The Kier molecular flexibility index (Phi) is 43.4. The number of nitrogens with two attached hydrogens (primary N) is 4. The third kappa shape index (κ3) is 40.7. The second-order valence-electron chi connectivity index (χ2n) is 15.3. The van der Waals surface area contributed by atoms with E-state index < -0.39 is 29.9 Å². The van der Waals surface area contributed by atoms with Crippen molar-refractivity contribution in [3.63, 3.8) is 0 Å². The van der Waals surface area contributed by atoms with Crippen LogP contribution in [0.15, 0.2) is 12.2 Å². The number of carbonyl (C=O) groups is 3. The van der Waals surface area contributed by atoms with Crippen LogP contribution < -0.4 is 33.6 Å². The van der Waals surface area contributed by atoms with Crippen molar-refractivity contribution < 1.29 is 90.2 Å². The van der Waals surface area contributed by atoms with E-state index in [0.717, 1.165) is 5.57 Å². The number of hydrogen-bond donors (Lipinski definition) is 6. The van der Waals surface area contributed by atoms with Crippen LogP contribution in [0.2, 0.25) is 0 Å². The minimum Gasteiger partial charge on any atom is -0.453 e. The molecule has 0 radical (unpaired) electrons. The van der Waals surface area contributed by atoms with E-state index in [9.17, 15) is 14.4 Å². The first-order valence-electron chi connectivity index (χ1n) is 23.7. The minimum atomic E-state index is -0.656. The lowest BCUT2D eigenvalue weighted by atomic mass is 10.4. The first-order valence-corrected chi connectivity index (χ1v) is 23.7. The number of ether oxygens (including phenoxy) is 16. The summed E-state index contributed by atoms with van der Waals surface area (Å²) in [4.78, 5) is 37.3. The molecule has 0 aromatic carbocycles. The smallest absolute Gasteiger partial charge is 0.332 e. The Hall–Kier alpha value is -2.61. The summed E-state index contributed by atoms with van der Waals surface area (Å²) in [6, 6.07) is 0. The lowest BCUT2D eigenvalue weighted by molar-refractivity contribution is -0.160. The van der Waals surface area contributed by atoms with Crippen LogP contribution in [0, 0.1) is 0 Å². The number of esters is 1. The Balaban J connectivity index is 2.35. The zero-order valence-corrected chi connectivity index (χ0v) is 41.0. The number of hydrogen-bond acceptors (Lipinski definition) is 23. The summed E-state index contributed by atoms with van der Waals surface area (Å²) in [6.07, 6.45) is -0.963. The summed E-state index contributed by atoms with van der Waals surface area (Å²) in [5.41, 5.74) is 21.9. The van der Waals surface area contributed by atoms with E-state index in [4.69, 9.17) is 98.7 Å². The standard InChI is InChI=1S/C44H86N6O19/c1-37-27-44(37,2)69-43(53)36-68-40(32-64-25-19-58-13-7-49-41(51)34-66-38(28-60-21-15-54-9-3-45)29-61-22-16-55-10-4-46)33-65-26-20-59-14-8-50-42(52)35-67-39(30-62-23-17-56-11-5-47)31-63-24-18-57-12-6-48/h38-40H,1,3-36,45-48H2,2H3,(H,49,51)(H,50,52). The van der Waals surface area contributed by atoms with Crippen molar-refractivity contribution in [2.75, 3.05) is 218 Å². The number of rotatable bonds is 54. The Morgan fingerprint density at radius 2 is 0.710 bits per heavy atom. The van der Waals surface area contributed by atoms with Crippen molar-refractivity contribution in [1.29, 1.82) is 0 Å². The van der Waals surface area contributed by atoms with Crippen molar-refractivity contribution in [2.45, 2.75) is 37.3 Å². The van der Waals surface area contributed by atoms with E-state index in [1.54, 1.807) is 6.92 Å². The first kappa shape index (κ1) is 64.4. The molecular formula is C44H86N6O19. The van der Waals surface area contributed by atoms with E-state index in [2.05, 4.69) is 17.2 Å². The lowest BCUT2D eigenvalue weighted by Crippen LogP contribution is -2.35. The molecule has 1 aliphatic rings. The Morgan fingerprint density at radius 3 is 0.986 bits per heavy atom. The van der Waals surface area contributed by atoms with Gasteiger partial charge in [-0.1, -0.05) is 6.58 Å². The maximum atomic E-state index is 12.4. The Morgan fingerprint density at radius 1 is 0.449 bits per heavy atom. The van der Waals surface area contributed by atoms with Crippen molar-refractivity contribution >= 4 is 17.8 Å². The van der Waals surface area contributed by atoms with Crippen LogP contribution in [0.3, 0.4) is 0 Å². The number of carbonyl (C=O) groups excluding carboxylic acids is 3. The third-order valence-electron chi connectivity index (χ3n) is 9.09. The molecule has 0 heterocycles. The average molecular weight is 1000 g/mol. The van der Waals surface area contributed by atoms with Gasteiger partial charge in [-0.15, -0.1) is 0 Å². The molecule has 69 heavy (non-hydrogen) atoms. The Bertz CT molecular complexity index is 1150. The predicted octanol–water partition coefficient (Wildman–Crippen LogP) is -3.33. The highest BCUT2D eigenvalue weighted by Crippen LogP contribution is 2.44. The molecule has 25 nitrogen and oxygen atoms in total. The van der Waals surface area contributed by atoms with Gasteiger partial charge in [-0.2, -0.15) is 0 Å². The van der Waals surface area contributed by atoms with Crippen LogP contribution in [-0.4, -0.2) is 259 Å². The van der Waals surface area contributed by atoms with Crippen LogP contribution in [0.4, 0.5) is 0 Å². The molecule has 1 unspecified atom stereocenters. The topological polar surface area (TPSA) is 327 Å². The molecule has 1 atom stereocenters. The summed E-state index contributed by atoms with van der Waals surface area (Å²) >= 11 is 0. The van der Waals surface area contributed by atoms with Gasteiger partial charge in [0, 0.05) is 45.7 Å². The third-order valence-corrected chi connectivity index (χ3v) is 9.09. The summed E-state index contributed by atoms with van der Waals surface area (Å²) in [5.74, 6) is -1.18. The highest BCUT2D eigenvalue weighted by molar-refractivity contribution is 5.77. The minimum absolute atomic E-state index is 0.102. The van der Waals surface area contributed by atoms with Gasteiger partial charge in [-0.25, -0.2) is 4.79 Å². The van der Waals surface area contributed by atoms with Gasteiger partial charge in [0.15, 0.2) is 0 Å². The molecule has 0 aromatic rings. The first-order chi connectivity index (χ1) is 33.7. The number of nitrogens with one attached hydrogen (secondary N) is 2. The van der Waals surface area contributed by atoms with Crippen LogP contribution in [0.1, 0.15) is 13.3 Å². The highest BCUT2D eigenvalue weighted by Gasteiger charge is 2.46. The highest BCUT2D eigenvalue weighted by atomic mass is 16.6. The van der Waals surface area contributed by atoms with E-state index in [1.165, 1.54) is 0 Å². The molecule has 0 aliphatic heterocycles. The van der Waals surface area contributed by atoms with Crippen LogP contribution in [-0.2, 0) is 90.2 Å².